The number of ether oxygens (including phenoxy) is 5. The van der Waals surface area contributed by atoms with Gasteiger partial charge >= 0.3 is 24.1 Å². The maximum absolute atomic E-state index is 14.7. The zero-order chi connectivity index (χ0) is 79.7. The van der Waals surface area contributed by atoms with Crippen LogP contribution >= 0.6 is 22.7 Å². The number of rotatable bonds is 17. The fourth-order valence-electron chi connectivity index (χ4n) is 16.4. The van der Waals surface area contributed by atoms with E-state index in [0.29, 0.717) is 77.9 Å². The van der Waals surface area contributed by atoms with Gasteiger partial charge < -0.3 is 65.0 Å². The topological polar surface area (TPSA) is 329 Å². The maximum Gasteiger partial charge on any atom is 0.408 e. The predicted octanol–water partition coefficient (Wildman–Crippen LogP) is 13.4. The molecule has 604 valence electrons. The molecule has 6 N–H and O–H groups in total. The minimum Gasteiger partial charge on any atom is -0.479 e. The summed E-state index contributed by atoms with van der Waals surface area (Å²) in [5.74, 6) is -3.45. The van der Waals surface area contributed by atoms with Gasteiger partial charge in [-0.05, 0) is 167 Å². The Kier molecular flexibility index (Phi) is 26.9. The third kappa shape index (κ3) is 20.4. The lowest BCUT2D eigenvalue weighted by atomic mass is 10.0. The van der Waals surface area contributed by atoms with E-state index in [-0.39, 0.29) is 75.5 Å². The molecule has 16 rings (SSSR count). The Morgan fingerprint density at radius 2 is 0.904 bits per heavy atom. The molecule has 25 nitrogen and oxygen atoms in total. The molecule has 115 heavy (non-hydrogen) atoms. The van der Waals surface area contributed by atoms with Crippen molar-refractivity contribution < 1.29 is 72.3 Å². The van der Waals surface area contributed by atoms with Crippen LogP contribution in [-0.4, -0.2) is 174 Å². The summed E-state index contributed by atoms with van der Waals surface area (Å²) in [6, 6.07) is 38.6. The van der Waals surface area contributed by atoms with Gasteiger partial charge in [0.25, 0.3) is 0 Å². The number of aliphatic hydroxyl groups excluding tert-OH is 1. The molecule has 4 aliphatic heterocycles. The average Bonchev–Trinajstić information content (AvgIpc) is 1.58. The lowest BCUT2D eigenvalue weighted by molar-refractivity contribution is -0.150. The van der Waals surface area contributed by atoms with Gasteiger partial charge in [0.15, 0.2) is 0 Å². The number of aromatic nitrogens is 4. The number of hydrogen-bond donors (Lipinski definition) is 6. The average molecular weight is 1600 g/mol. The highest BCUT2D eigenvalue weighted by Gasteiger charge is 2.63. The molecule has 8 heterocycles. The third-order valence-corrected chi connectivity index (χ3v) is 24.6. The summed E-state index contributed by atoms with van der Waals surface area (Å²) in [5.41, 5.74) is 3.40. The summed E-state index contributed by atoms with van der Waals surface area (Å²) in [5, 5.41) is 34.2. The normalized spacial score (nSPS) is 25.7. The van der Waals surface area contributed by atoms with Gasteiger partial charge in [0.1, 0.15) is 71.0 Å². The summed E-state index contributed by atoms with van der Waals surface area (Å²) in [4.78, 5) is 134. The van der Waals surface area contributed by atoms with Crippen LogP contribution in [0.4, 0.5) is 9.59 Å². The first-order valence-corrected chi connectivity index (χ1v) is 42.4. The van der Waals surface area contributed by atoms with E-state index in [4.69, 9.17) is 48.7 Å². The minimum atomic E-state index is -1.43. The molecule has 8 aliphatic rings. The molecule has 10 atom stereocenters. The van der Waals surface area contributed by atoms with Crippen LogP contribution in [0.3, 0.4) is 0 Å². The van der Waals surface area contributed by atoms with Gasteiger partial charge in [-0.3, -0.25) is 19.2 Å². The second-order valence-corrected chi connectivity index (χ2v) is 32.9. The SMILES string of the molecule is O=C(N[C@@H]1CCCCC/C=C\[C@@H]2C[C@]2(C(=O)O)NC(=O)[C@@H]2C[C@H](Oc3nc4ccccc4nc3-c3cccs3)CN2C1=O)OC1CCCC1.O=C(N[C@@H]1CCCCC/C=C\[C@@H]2C[C@]2(C(=O)OCCc2ccccc2)NC(=O)[C@@H]2C[C@H](Oc3nc4ccccc4nc3-c3cccs3)CN2C1=O)OC1CCCC1.OCCc1ccccc1. The Bertz CT molecular complexity index is 4760. The number of nitrogens with one attached hydrogen (secondary N) is 4. The Morgan fingerprint density at radius 3 is 1.35 bits per heavy atom. The molecule has 6 fully saturated rings. The minimum absolute atomic E-state index is 0.0363. The Balaban J connectivity index is 0.000000173. The van der Waals surface area contributed by atoms with E-state index in [1.807, 2.05) is 162 Å². The van der Waals surface area contributed by atoms with E-state index in [1.54, 1.807) is 0 Å². The number of carbonyl (C=O) groups is 8. The number of carboxylic acids is 1. The fourth-order valence-corrected chi connectivity index (χ4v) is 17.8. The standard InChI is InChI=1S/C44H49N5O7S.C36H41N5O7S.C8H10O/c50-39-36-26-32(55-40-38(37-22-13-25-57-37)45-33-19-11-12-20-34(33)46-40)28-49(36)41(51)35(47-43(53)56-31-17-9-10-18-31)21-8-3-1-2-7-16-30-27-44(30,48-39)42(52)54-24-23-29-14-5-4-6-15-29;42-31-28-19-24(47-32-30(29-17-10-18-49-29)37-25-14-8-9-15-26(25)38-32)21-41(28)33(43)27(39-35(46)48-23-12-6-7-13-23)16-5-3-1-2-4-11-22-20-36(22,40-31)34(44)45;9-7-6-8-4-2-1-3-5-8/h4-7,11-16,19-20,22,25,30-32,35-36H,1-3,8-10,17-18,21,23-24,26-28H2,(H,47,53)(H,48,50);4,8-11,14-15,17-18,22-24,27-28H,1-3,5-7,12-13,16,19-21H2,(H,39,46)(H,40,42)(H,44,45);1-5,9H,6-7H2/b16-7-;11-4-;/t30-,32+,35-,36+,44+;22-,24+,27-,28+,36+;/m11./s1. The molecule has 4 saturated carbocycles. The van der Waals surface area contributed by atoms with Crippen molar-refractivity contribution >= 4 is 92.5 Å². The lowest BCUT2D eigenvalue weighted by Gasteiger charge is -2.29. The maximum atomic E-state index is 14.7. The molecule has 0 bridgehead atoms. The zero-order valence-corrected chi connectivity index (χ0v) is 66.1. The van der Waals surface area contributed by atoms with Crippen molar-refractivity contribution in [2.24, 2.45) is 11.8 Å². The van der Waals surface area contributed by atoms with Gasteiger partial charge in [0, 0.05) is 37.7 Å². The molecule has 0 unspecified atom stereocenters. The third-order valence-electron chi connectivity index (χ3n) is 22.8. The molecule has 4 aliphatic carbocycles. The van der Waals surface area contributed by atoms with E-state index in [9.17, 15) is 43.5 Å². The van der Waals surface area contributed by atoms with Crippen molar-refractivity contribution in [3.05, 3.63) is 180 Å². The highest BCUT2D eigenvalue weighted by molar-refractivity contribution is 7.13. The summed E-state index contributed by atoms with van der Waals surface area (Å²) >= 11 is 3.01. The van der Waals surface area contributed by atoms with Crippen LogP contribution < -0.4 is 30.7 Å². The number of nitrogens with zero attached hydrogens (tertiary/aromatic N) is 6. The van der Waals surface area contributed by atoms with Crippen LogP contribution in [0, 0.1) is 11.8 Å². The Hall–Kier alpha value is -10.6. The first-order chi connectivity index (χ1) is 56.1. The van der Waals surface area contributed by atoms with Gasteiger partial charge in [-0.1, -0.05) is 147 Å². The van der Waals surface area contributed by atoms with Gasteiger partial charge in [-0.2, -0.15) is 0 Å². The predicted molar refractivity (Wildman–Crippen MR) is 434 cm³/mol. The number of aliphatic carboxylic acids is 1. The molecule has 0 spiro atoms. The van der Waals surface area contributed by atoms with E-state index in [2.05, 4.69) is 27.3 Å². The van der Waals surface area contributed by atoms with Crippen LogP contribution in [0.15, 0.2) is 169 Å². The number of fused-ring (bicyclic) bond motifs is 6. The van der Waals surface area contributed by atoms with Gasteiger partial charge in [0.2, 0.25) is 35.4 Å². The van der Waals surface area contributed by atoms with E-state index in [1.165, 1.54) is 38.0 Å². The molecular weight excluding hydrogens is 1500 g/mol. The quantitative estimate of drug-likeness (QED) is 0.0280. The Morgan fingerprint density at radius 1 is 0.487 bits per heavy atom. The van der Waals surface area contributed by atoms with E-state index in [0.717, 1.165) is 112 Å². The van der Waals surface area contributed by atoms with Crippen LogP contribution in [0.5, 0.6) is 11.8 Å². The summed E-state index contributed by atoms with van der Waals surface area (Å²) in [7, 11) is 0. The van der Waals surface area contributed by atoms with Crippen molar-refractivity contribution in [2.75, 3.05) is 26.3 Å². The van der Waals surface area contributed by atoms with Crippen LogP contribution in [0.25, 0.3) is 43.2 Å². The number of carbonyl (C=O) groups excluding carboxylic acids is 7. The molecule has 6 amide bonds. The monoisotopic (exact) mass is 1600 g/mol. The lowest BCUT2D eigenvalue weighted by Crippen LogP contribution is -2.56. The van der Waals surface area contributed by atoms with Gasteiger partial charge in [0.05, 0.1) is 51.5 Å². The summed E-state index contributed by atoms with van der Waals surface area (Å²) in [6.07, 6.45) is 21.5. The smallest absolute Gasteiger partial charge is 0.408 e. The van der Waals surface area contributed by atoms with Gasteiger partial charge in [-0.25, -0.2) is 39.1 Å². The summed E-state index contributed by atoms with van der Waals surface area (Å²) < 4.78 is 30.3. The number of esters is 1. The van der Waals surface area contributed by atoms with Crippen LogP contribution in [0.2, 0.25) is 0 Å². The molecule has 2 saturated heterocycles. The van der Waals surface area contributed by atoms with Crippen LogP contribution in [0.1, 0.15) is 152 Å². The number of carboxylic acid groups (broad SMARTS) is 1. The van der Waals surface area contributed by atoms with Crippen molar-refractivity contribution in [3.8, 4) is 32.9 Å². The van der Waals surface area contributed by atoms with Crippen molar-refractivity contribution in [3.63, 3.8) is 0 Å². The molecule has 4 aromatic heterocycles. The molecule has 27 heteroatoms. The number of thiophene rings is 2. The number of amides is 6. The van der Waals surface area contributed by atoms with Crippen molar-refractivity contribution in [1.82, 2.24) is 51.0 Å². The largest absolute Gasteiger partial charge is 0.479 e. The van der Waals surface area contributed by atoms with Gasteiger partial charge in [-0.15, -0.1) is 22.7 Å². The fraction of sp³-hybridized carbons (Fsp3) is 0.455. The number of alkyl carbamates (subject to hydrolysis) is 2. The van der Waals surface area contributed by atoms with Crippen LogP contribution in [-0.2, 0) is 55.8 Å². The van der Waals surface area contributed by atoms with E-state index >= 15 is 0 Å². The molecule has 0 radical (unpaired) electrons. The zero-order valence-electron chi connectivity index (χ0n) is 64.4. The first-order valence-electron chi connectivity index (χ1n) is 40.7. The molecular formula is C88H100N10O15S2. The summed E-state index contributed by atoms with van der Waals surface area (Å²) in [6.45, 7) is 0.506. The highest BCUT2D eigenvalue weighted by Crippen LogP contribution is 2.48. The Labute approximate surface area is 676 Å². The number of benzene rings is 4. The number of aliphatic hydroxyl groups is 1. The number of para-hydroxylation sites is 4. The number of hydrogen-bond acceptors (Lipinski definition) is 20. The number of allylic oxidation sites excluding steroid dienone is 2. The van der Waals surface area contributed by atoms with Crippen molar-refractivity contribution in [2.45, 2.75) is 214 Å². The first kappa shape index (κ1) is 80.9. The van der Waals surface area contributed by atoms with Crippen molar-refractivity contribution in [1.29, 1.82) is 0 Å². The second-order valence-electron chi connectivity index (χ2n) is 31.0. The molecule has 8 aromatic rings. The second kappa shape index (κ2) is 38.2. The molecule has 4 aromatic carbocycles. The van der Waals surface area contributed by atoms with E-state index < -0.39 is 95.2 Å². The highest BCUT2D eigenvalue weighted by atomic mass is 32.1.